The standard InChI is InChI=1S/C9H9F2N3O4/c1-5(8(10)11)2-3-13-7(9(15)16)6(4-12-13)14(17)18/h4H,2-3H2,1H3,(H,15,16). The van der Waals surface area contributed by atoms with Crippen molar-refractivity contribution < 1.29 is 23.6 Å². The van der Waals surface area contributed by atoms with E-state index in [1.807, 2.05) is 0 Å². The van der Waals surface area contributed by atoms with Crippen LogP contribution in [0.25, 0.3) is 0 Å². The van der Waals surface area contributed by atoms with E-state index in [1.165, 1.54) is 6.92 Å². The summed E-state index contributed by atoms with van der Waals surface area (Å²) in [4.78, 5) is 20.5. The predicted octanol–water partition coefficient (Wildman–Crippen LogP) is 2.05. The van der Waals surface area contributed by atoms with E-state index >= 15 is 0 Å². The average molecular weight is 261 g/mol. The van der Waals surface area contributed by atoms with Crippen molar-refractivity contribution in [1.82, 2.24) is 9.78 Å². The third kappa shape index (κ3) is 2.87. The number of hydrogen-bond acceptors (Lipinski definition) is 4. The number of hydrogen-bond donors (Lipinski definition) is 1. The molecule has 0 unspecified atom stereocenters. The smallest absolute Gasteiger partial charge is 0.361 e. The summed E-state index contributed by atoms with van der Waals surface area (Å²) in [6.07, 6.45) is -1.20. The number of carboxylic acid groups (broad SMARTS) is 1. The second-order valence-electron chi connectivity index (χ2n) is 3.45. The molecule has 0 fully saturated rings. The molecule has 0 bridgehead atoms. The lowest BCUT2D eigenvalue weighted by Gasteiger charge is -2.03. The quantitative estimate of drug-likeness (QED) is 0.646. The summed E-state index contributed by atoms with van der Waals surface area (Å²) in [5, 5.41) is 22.9. The van der Waals surface area contributed by atoms with E-state index in [9.17, 15) is 23.7 Å². The maximum absolute atomic E-state index is 12.1. The van der Waals surface area contributed by atoms with Crippen LogP contribution in [0, 0.1) is 10.1 Å². The molecule has 0 saturated carbocycles. The monoisotopic (exact) mass is 261 g/mol. The molecule has 0 aliphatic heterocycles. The van der Waals surface area contributed by atoms with Gasteiger partial charge in [0.05, 0.1) is 4.92 Å². The van der Waals surface area contributed by atoms with Gasteiger partial charge in [0.2, 0.25) is 5.69 Å². The summed E-state index contributed by atoms with van der Waals surface area (Å²) >= 11 is 0. The van der Waals surface area contributed by atoms with E-state index in [4.69, 9.17) is 5.11 Å². The van der Waals surface area contributed by atoms with E-state index in [0.717, 1.165) is 10.9 Å². The van der Waals surface area contributed by atoms with Crippen LogP contribution >= 0.6 is 0 Å². The number of rotatable bonds is 5. The Morgan fingerprint density at radius 3 is 2.67 bits per heavy atom. The summed E-state index contributed by atoms with van der Waals surface area (Å²) in [6, 6.07) is 0. The highest BCUT2D eigenvalue weighted by molar-refractivity contribution is 5.90. The number of carbonyl (C=O) groups is 1. The fourth-order valence-corrected chi connectivity index (χ4v) is 1.27. The molecule has 9 heteroatoms. The minimum absolute atomic E-state index is 0.137. The number of nitrogens with zero attached hydrogens (tertiary/aromatic N) is 3. The summed E-state index contributed by atoms with van der Waals surface area (Å²) in [6.45, 7) is 1.02. The first-order valence-electron chi connectivity index (χ1n) is 4.78. The van der Waals surface area contributed by atoms with Crippen molar-refractivity contribution in [2.75, 3.05) is 0 Å². The Morgan fingerprint density at radius 2 is 2.22 bits per heavy atom. The maximum atomic E-state index is 12.1. The molecule has 0 spiro atoms. The highest BCUT2D eigenvalue weighted by Crippen LogP contribution is 2.19. The van der Waals surface area contributed by atoms with Crippen LogP contribution in [0.15, 0.2) is 17.9 Å². The molecule has 98 valence electrons. The third-order valence-corrected chi connectivity index (χ3v) is 2.24. The fourth-order valence-electron chi connectivity index (χ4n) is 1.27. The number of allylic oxidation sites excluding steroid dienone is 1. The van der Waals surface area contributed by atoms with Crippen LogP contribution in [0.4, 0.5) is 14.5 Å². The molecule has 0 radical (unpaired) electrons. The van der Waals surface area contributed by atoms with Gasteiger partial charge in [-0.1, -0.05) is 0 Å². The second kappa shape index (κ2) is 5.34. The molecule has 0 aliphatic carbocycles. The van der Waals surface area contributed by atoms with Crippen LogP contribution in [0.1, 0.15) is 23.8 Å². The van der Waals surface area contributed by atoms with Gasteiger partial charge in [-0.05, 0) is 18.9 Å². The largest absolute Gasteiger partial charge is 0.476 e. The molecular formula is C9H9F2N3O4. The summed E-state index contributed by atoms with van der Waals surface area (Å²) in [5.74, 6) is -1.53. The van der Waals surface area contributed by atoms with Crippen LogP contribution in [0.5, 0.6) is 0 Å². The van der Waals surface area contributed by atoms with Crippen molar-refractivity contribution in [3.63, 3.8) is 0 Å². The van der Waals surface area contributed by atoms with E-state index in [0.29, 0.717) is 0 Å². The van der Waals surface area contributed by atoms with E-state index in [1.54, 1.807) is 0 Å². The molecule has 1 N–H and O–H groups in total. The Kier molecular flexibility index (Phi) is 4.08. The topological polar surface area (TPSA) is 98.3 Å². The Balaban J connectivity index is 3.01. The van der Waals surface area contributed by atoms with Crippen LogP contribution in [0.2, 0.25) is 0 Å². The summed E-state index contributed by atoms with van der Waals surface area (Å²) < 4.78 is 25.1. The van der Waals surface area contributed by atoms with E-state index < -0.39 is 28.4 Å². The number of nitro groups is 1. The number of halogens is 2. The molecule has 18 heavy (non-hydrogen) atoms. The van der Waals surface area contributed by atoms with Crippen molar-refractivity contribution in [2.45, 2.75) is 19.9 Å². The van der Waals surface area contributed by atoms with Gasteiger partial charge >= 0.3 is 11.7 Å². The van der Waals surface area contributed by atoms with Gasteiger partial charge in [-0.25, -0.2) is 4.79 Å². The average Bonchev–Trinajstić information content (AvgIpc) is 2.69. The predicted molar refractivity (Wildman–Crippen MR) is 55.4 cm³/mol. The van der Waals surface area contributed by atoms with Gasteiger partial charge in [0, 0.05) is 6.54 Å². The molecule has 7 nitrogen and oxygen atoms in total. The second-order valence-corrected chi connectivity index (χ2v) is 3.45. The Morgan fingerprint density at radius 1 is 1.61 bits per heavy atom. The molecule has 0 saturated heterocycles. The first-order chi connectivity index (χ1) is 8.34. The van der Waals surface area contributed by atoms with Gasteiger partial charge in [0.1, 0.15) is 6.20 Å². The van der Waals surface area contributed by atoms with E-state index in [2.05, 4.69) is 5.10 Å². The van der Waals surface area contributed by atoms with Gasteiger partial charge in [0.15, 0.2) is 0 Å². The minimum atomic E-state index is -1.85. The SMILES string of the molecule is CC(CCn1ncc([N+](=O)[O-])c1C(=O)O)=C(F)F. The number of aromatic carboxylic acids is 1. The number of carboxylic acids is 1. The molecule has 1 aromatic heterocycles. The Bertz CT molecular complexity index is 520. The zero-order chi connectivity index (χ0) is 13.9. The van der Waals surface area contributed by atoms with E-state index in [-0.39, 0.29) is 18.5 Å². The lowest BCUT2D eigenvalue weighted by atomic mass is 10.2. The zero-order valence-corrected chi connectivity index (χ0v) is 9.26. The summed E-state index contributed by atoms with van der Waals surface area (Å²) in [7, 11) is 0. The lowest BCUT2D eigenvalue weighted by Crippen LogP contribution is -2.12. The minimum Gasteiger partial charge on any atom is -0.476 e. The molecule has 1 rings (SSSR count). The van der Waals surface area contributed by atoms with Crippen molar-refractivity contribution in [3.05, 3.63) is 33.7 Å². The Labute approximate surface area is 99.5 Å². The van der Waals surface area contributed by atoms with Crippen LogP contribution in [-0.2, 0) is 6.54 Å². The molecule has 0 aliphatic rings. The highest BCUT2D eigenvalue weighted by Gasteiger charge is 2.26. The van der Waals surface area contributed by atoms with Crippen LogP contribution in [0.3, 0.4) is 0 Å². The number of aromatic nitrogens is 2. The van der Waals surface area contributed by atoms with Crippen molar-refractivity contribution in [3.8, 4) is 0 Å². The zero-order valence-electron chi connectivity index (χ0n) is 9.26. The molecule has 0 amide bonds. The first-order valence-corrected chi connectivity index (χ1v) is 4.78. The van der Waals surface area contributed by atoms with Crippen molar-refractivity contribution in [2.24, 2.45) is 0 Å². The molecule has 1 heterocycles. The Hall–Kier alpha value is -2.32. The lowest BCUT2D eigenvalue weighted by molar-refractivity contribution is -0.385. The molecule has 0 aromatic carbocycles. The molecule has 0 atom stereocenters. The van der Waals surface area contributed by atoms with Crippen LogP contribution < -0.4 is 0 Å². The van der Waals surface area contributed by atoms with Crippen molar-refractivity contribution in [1.29, 1.82) is 0 Å². The van der Waals surface area contributed by atoms with Crippen LogP contribution in [-0.4, -0.2) is 25.8 Å². The first kappa shape index (κ1) is 13.7. The number of aryl methyl sites for hydroxylation is 1. The van der Waals surface area contributed by atoms with Gasteiger partial charge in [-0.3, -0.25) is 14.8 Å². The summed E-state index contributed by atoms with van der Waals surface area (Å²) in [5.41, 5.74) is -1.50. The van der Waals surface area contributed by atoms with Crippen molar-refractivity contribution >= 4 is 11.7 Å². The molecule has 1 aromatic rings. The van der Waals surface area contributed by atoms with Gasteiger partial charge in [0.25, 0.3) is 6.08 Å². The fraction of sp³-hybridized carbons (Fsp3) is 0.333. The maximum Gasteiger partial charge on any atom is 0.361 e. The normalized spacial score (nSPS) is 10.2. The molecular weight excluding hydrogens is 252 g/mol. The third-order valence-electron chi connectivity index (χ3n) is 2.24. The van der Waals surface area contributed by atoms with Gasteiger partial charge < -0.3 is 5.11 Å². The highest BCUT2D eigenvalue weighted by atomic mass is 19.3. The van der Waals surface area contributed by atoms with Gasteiger partial charge in [-0.15, -0.1) is 0 Å². The van der Waals surface area contributed by atoms with Gasteiger partial charge in [-0.2, -0.15) is 13.9 Å².